The Labute approximate surface area is 180 Å². The highest BCUT2D eigenvalue weighted by atomic mass is 35.5. The van der Waals surface area contributed by atoms with Crippen LogP contribution in [0, 0.1) is 11.7 Å². The summed E-state index contributed by atoms with van der Waals surface area (Å²) in [4.78, 5) is 13.1. The standard InChI is InChI=1S/C23H25ClFN5/c24-21-14-28-19(9-15-4-6-18(26)7-5-15)10-20(21)22-2-1-3-23(30-22)29-12-16-8-17(25)13-27-11-16/h1-3,8,10-11,13-15,18H,4-7,9,12,26H2,(H,29,30). The molecule has 0 spiro atoms. The normalized spacial score (nSPS) is 18.9. The van der Waals surface area contributed by atoms with Crippen molar-refractivity contribution in [2.45, 2.75) is 44.7 Å². The maximum absolute atomic E-state index is 13.3. The number of halogens is 2. The Morgan fingerprint density at radius 2 is 1.93 bits per heavy atom. The highest BCUT2D eigenvalue weighted by Crippen LogP contribution is 2.30. The van der Waals surface area contributed by atoms with Crippen LogP contribution in [-0.4, -0.2) is 21.0 Å². The molecule has 0 bridgehead atoms. The predicted molar refractivity (Wildman–Crippen MR) is 118 cm³/mol. The van der Waals surface area contributed by atoms with Gasteiger partial charge < -0.3 is 11.1 Å². The van der Waals surface area contributed by atoms with Gasteiger partial charge in [0, 0.05) is 36.2 Å². The third-order valence-corrected chi connectivity index (χ3v) is 5.86. The van der Waals surface area contributed by atoms with Gasteiger partial charge in [-0.05, 0) is 67.9 Å². The average Bonchev–Trinajstić information content (AvgIpc) is 2.75. The lowest BCUT2D eigenvalue weighted by molar-refractivity contribution is 0.323. The van der Waals surface area contributed by atoms with Crippen LogP contribution in [0.1, 0.15) is 36.9 Å². The zero-order valence-corrected chi connectivity index (χ0v) is 17.4. The number of hydrogen-bond donors (Lipinski definition) is 2. The summed E-state index contributed by atoms with van der Waals surface area (Å²) >= 11 is 6.45. The van der Waals surface area contributed by atoms with Crippen molar-refractivity contribution in [2.24, 2.45) is 11.7 Å². The minimum atomic E-state index is -0.355. The van der Waals surface area contributed by atoms with Gasteiger partial charge in [0.15, 0.2) is 0 Å². The Bertz CT molecular complexity index is 1000. The van der Waals surface area contributed by atoms with E-state index in [2.05, 4.69) is 20.3 Å². The molecule has 1 saturated carbocycles. The van der Waals surface area contributed by atoms with Crippen LogP contribution < -0.4 is 11.1 Å². The van der Waals surface area contributed by atoms with E-state index < -0.39 is 0 Å². The van der Waals surface area contributed by atoms with E-state index in [4.69, 9.17) is 17.3 Å². The highest BCUT2D eigenvalue weighted by molar-refractivity contribution is 6.33. The SMILES string of the molecule is NC1CCC(Cc2cc(-c3cccc(NCc4cncc(F)c4)n3)c(Cl)cn2)CC1. The number of rotatable bonds is 6. The molecule has 4 rings (SSSR count). The van der Waals surface area contributed by atoms with E-state index in [0.717, 1.165) is 54.6 Å². The smallest absolute Gasteiger partial charge is 0.141 e. The molecule has 3 heterocycles. The van der Waals surface area contributed by atoms with Crippen molar-refractivity contribution in [3.05, 3.63) is 71.0 Å². The maximum atomic E-state index is 13.3. The monoisotopic (exact) mass is 425 g/mol. The second-order valence-electron chi connectivity index (χ2n) is 7.91. The van der Waals surface area contributed by atoms with Crippen LogP contribution in [0.2, 0.25) is 5.02 Å². The lowest BCUT2D eigenvalue weighted by Crippen LogP contribution is -2.27. The molecule has 0 aliphatic heterocycles. The molecule has 3 aromatic rings. The zero-order chi connectivity index (χ0) is 20.9. The minimum Gasteiger partial charge on any atom is -0.366 e. The summed E-state index contributed by atoms with van der Waals surface area (Å²) in [6.07, 6.45) is 9.92. The summed E-state index contributed by atoms with van der Waals surface area (Å²) in [5.74, 6) is 0.951. The summed E-state index contributed by atoms with van der Waals surface area (Å²) in [5.41, 5.74) is 9.44. The molecule has 3 aromatic heterocycles. The fraction of sp³-hybridized carbons (Fsp3) is 0.348. The molecular weight excluding hydrogens is 401 g/mol. The van der Waals surface area contributed by atoms with Gasteiger partial charge in [-0.2, -0.15) is 0 Å². The molecule has 1 aliphatic rings. The molecule has 0 unspecified atom stereocenters. The number of pyridine rings is 3. The number of nitrogens with two attached hydrogens (primary N) is 1. The second-order valence-corrected chi connectivity index (χ2v) is 8.32. The molecule has 0 saturated heterocycles. The first-order valence-electron chi connectivity index (χ1n) is 10.3. The Morgan fingerprint density at radius 1 is 1.10 bits per heavy atom. The summed E-state index contributed by atoms with van der Waals surface area (Å²) in [7, 11) is 0. The van der Waals surface area contributed by atoms with E-state index in [1.165, 1.54) is 12.3 Å². The summed E-state index contributed by atoms with van der Waals surface area (Å²) in [6.45, 7) is 0.431. The third kappa shape index (κ3) is 5.32. The van der Waals surface area contributed by atoms with Crippen molar-refractivity contribution in [2.75, 3.05) is 5.32 Å². The first-order chi connectivity index (χ1) is 14.6. The van der Waals surface area contributed by atoms with Crippen LogP contribution in [0.5, 0.6) is 0 Å². The lowest BCUT2D eigenvalue weighted by Gasteiger charge is -2.25. The second kappa shape index (κ2) is 9.49. The number of hydrogen-bond acceptors (Lipinski definition) is 5. The Balaban J connectivity index is 1.48. The average molecular weight is 426 g/mol. The molecule has 1 fully saturated rings. The van der Waals surface area contributed by atoms with Crippen molar-refractivity contribution in [3.63, 3.8) is 0 Å². The molecule has 1 aliphatic carbocycles. The molecule has 30 heavy (non-hydrogen) atoms. The third-order valence-electron chi connectivity index (χ3n) is 5.56. The van der Waals surface area contributed by atoms with Gasteiger partial charge in [0.2, 0.25) is 0 Å². The first-order valence-corrected chi connectivity index (χ1v) is 10.7. The Morgan fingerprint density at radius 3 is 2.73 bits per heavy atom. The number of nitrogens with one attached hydrogen (secondary N) is 1. The quantitative estimate of drug-likeness (QED) is 0.581. The van der Waals surface area contributed by atoms with Gasteiger partial charge in [-0.1, -0.05) is 17.7 Å². The van der Waals surface area contributed by atoms with Crippen molar-refractivity contribution < 1.29 is 4.39 Å². The van der Waals surface area contributed by atoms with Gasteiger partial charge in [-0.25, -0.2) is 9.37 Å². The van der Waals surface area contributed by atoms with E-state index in [1.54, 1.807) is 12.4 Å². The van der Waals surface area contributed by atoms with Gasteiger partial charge in [-0.3, -0.25) is 9.97 Å². The van der Waals surface area contributed by atoms with Gasteiger partial charge in [-0.15, -0.1) is 0 Å². The molecule has 5 nitrogen and oxygen atoms in total. The topological polar surface area (TPSA) is 76.7 Å². The van der Waals surface area contributed by atoms with Crippen molar-refractivity contribution in [1.82, 2.24) is 15.0 Å². The molecule has 0 amide bonds. The summed E-state index contributed by atoms with van der Waals surface area (Å²) in [6, 6.07) is 9.57. The Kier molecular flexibility index (Phi) is 6.55. The van der Waals surface area contributed by atoms with Crippen molar-refractivity contribution >= 4 is 17.4 Å². The molecule has 156 valence electrons. The highest BCUT2D eigenvalue weighted by Gasteiger charge is 2.20. The largest absolute Gasteiger partial charge is 0.366 e. The van der Waals surface area contributed by atoms with E-state index in [1.807, 2.05) is 24.3 Å². The van der Waals surface area contributed by atoms with E-state index in [0.29, 0.717) is 29.3 Å². The van der Waals surface area contributed by atoms with Crippen LogP contribution in [0.3, 0.4) is 0 Å². The first kappa shape index (κ1) is 20.7. The van der Waals surface area contributed by atoms with Crippen LogP contribution in [0.25, 0.3) is 11.3 Å². The lowest BCUT2D eigenvalue weighted by atomic mass is 9.83. The van der Waals surface area contributed by atoms with Crippen molar-refractivity contribution in [3.8, 4) is 11.3 Å². The fourth-order valence-electron chi connectivity index (χ4n) is 3.91. The molecule has 3 N–H and O–H groups in total. The van der Waals surface area contributed by atoms with Gasteiger partial charge in [0.1, 0.15) is 11.6 Å². The van der Waals surface area contributed by atoms with Gasteiger partial charge in [0.25, 0.3) is 0 Å². The molecule has 0 atom stereocenters. The zero-order valence-electron chi connectivity index (χ0n) is 16.7. The van der Waals surface area contributed by atoms with Crippen LogP contribution in [-0.2, 0) is 13.0 Å². The number of nitrogens with zero attached hydrogens (tertiary/aromatic N) is 3. The fourth-order valence-corrected chi connectivity index (χ4v) is 4.11. The van der Waals surface area contributed by atoms with Crippen LogP contribution in [0.4, 0.5) is 10.2 Å². The maximum Gasteiger partial charge on any atom is 0.141 e. The van der Waals surface area contributed by atoms with Crippen LogP contribution >= 0.6 is 11.6 Å². The predicted octanol–water partition coefficient (Wildman–Crippen LogP) is 5.00. The number of anilines is 1. The van der Waals surface area contributed by atoms with Crippen molar-refractivity contribution in [1.29, 1.82) is 0 Å². The van der Waals surface area contributed by atoms with E-state index >= 15 is 0 Å². The van der Waals surface area contributed by atoms with Gasteiger partial charge in [0.05, 0.1) is 16.9 Å². The molecule has 0 aromatic carbocycles. The minimum absolute atomic E-state index is 0.345. The Hall–Kier alpha value is -2.57. The summed E-state index contributed by atoms with van der Waals surface area (Å²) < 4.78 is 13.3. The van der Waals surface area contributed by atoms with Gasteiger partial charge >= 0.3 is 0 Å². The van der Waals surface area contributed by atoms with E-state index in [-0.39, 0.29) is 5.82 Å². The molecular formula is C23H25ClFN5. The molecule has 0 radical (unpaired) electrons. The number of aromatic nitrogens is 3. The van der Waals surface area contributed by atoms with Crippen LogP contribution in [0.15, 0.2) is 48.9 Å². The van der Waals surface area contributed by atoms with E-state index in [9.17, 15) is 4.39 Å². The molecule has 7 heteroatoms. The summed E-state index contributed by atoms with van der Waals surface area (Å²) in [5, 5.41) is 3.79.